The number of nitrogens with one attached hydrogen (secondary N) is 3. The summed E-state index contributed by atoms with van der Waals surface area (Å²) in [7, 11) is -2.57. The zero-order chi connectivity index (χ0) is 44.0. The number of fused-ring (bicyclic) bond motifs is 3. The summed E-state index contributed by atoms with van der Waals surface area (Å²) in [5.41, 5.74) is -4.55. The van der Waals surface area contributed by atoms with E-state index < -0.39 is 85.9 Å². The first-order valence-electron chi connectivity index (χ1n) is 20.2. The summed E-state index contributed by atoms with van der Waals surface area (Å²) in [4.78, 5) is 62.2. The monoisotopic (exact) mass is 865 g/mol. The molecule has 2 saturated carbocycles. The summed E-state index contributed by atoms with van der Waals surface area (Å²) in [6.07, 6.45) is 0.0146. The number of allylic oxidation sites excluding steroid dienone is 1. The van der Waals surface area contributed by atoms with E-state index in [9.17, 15) is 40.8 Å². The van der Waals surface area contributed by atoms with Crippen LogP contribution in [0.4, 0.5) is 18.0 Å². The van der Waals surface area contributed by atoms with E-state index in [0.29, 0.717) is 74.8 Å². The number of rotatable bonds is 10. The molecule has 1 aromatic carbocycles. The second-order valence-electron chi connectivity index (χ2n) is 17.3. The highest BCUT2D eigenvalue weighted by molar-refractivity contribution is 7.91. The molecule has 7 atom stereocenters. The molecule has 60 heavy (non-hydrogen) atoms. The normalized spacial score (nSPS) is 28.8. The number of pyridine rings is 1. The van der Waals surface area contributed by atoms with E-state index >= 15 is 0 Å². The van der Waals surface area contributed by atoms with Crippen molar-refractivity contribution in [2.24, 2.45) is 17.8 Å². The van der Waals surface area contributed by atoms with Gasteiger partial charge in [-0.1, -0.05) is 26.0 Å². The molecule has 0 bridgehead atoms. The fraction of sp³-hybridized carbons (Fsp3) is 0.634. The third kappa shape index (κ3) is 9.10. The molecule has 1 aromatic heterocycles. The predicted molar refractivity (Wildman–Crippen MR) is 213 cm³/mol. The van der Waals surface area contributed by atoms with Crippen molar-refractivity contribution in [1.82, 2.24) is 25.2 Å². The molecule has 2 aromatic rings. The Hall–Kier alpha value is -4.81. The van der Waals surface area contributed by atoms with Gasteiger partial charge < -0.3 is 34.5 Å². The standard InChI is InChI=1S/C41H54F3N5O10S/c1-8-57-31-21-45-34(28-14-13-26(56-7)18-29(28)31)58-27-19-30-33(50)47-40(36(52)48-60(54,55)39(6)15-16-39)20-25(40)12-10-9-11-23(2)17-24(3)32(35(51)49(30)22-27)46-37(53)59-38(4,5)41(42,43)44/h10,12-14,18,21,23-25,27,30,32H,8-9,11,15-17,19-20,22H2,1-7H3,(H,46,53)(H,47,50)(H,48,52)/b12-10-/t23-,24+,25+,27+,30-,32-,40+/m0/s1. The quantitative estimate of drug-likeness (QED) is 0.262. The maximum absolute atomic E-state index is 14.8. The van der Waals surface area contributed by atoms with Gasteiger partial charge >= 0.3 is 12.3 Å². The molecule has 19 heteroatoms. The van der Waals surface area contributed by atoms with Gasteiger partial charge in [-0.05, 0) is 96.3 Å². The van der Waals surface area contributed by atoms with Crippen LogP contribution >= 0.6 is 0 Å². The molecule has 0 unspecified atom stereocenters. The van der Waals surface area contributed by atoms with Gasteiger partial charge in [0.05, 0.1) is 31.2 Å². The Labute approximate surface area is 347 Å². The number of nitrogens with zero attached hydrogens (tertiary/aromatic N) is 2. The van der Waals surface area contributed by atoms with Crippen LogP contribution in [0.3, 0.4) is 0 Å². The van der Waals surface area contributed by atoms with E-state index in [0.717, 1.165) is 0 Å². The molecule has 2 aliphatic heterocycles. The summed E-state index contributed by atoms with van der Waals surface area (Å²) < 4.78 is 91.3. The van der Waals surface area contributed by atoms with Crippen LogP contribution in [-0.2, 0) is 29.1 Å². The number of sulfonamides is 1. The van der Waals surface area contributed by atoms with Crippen molar-refractivity contribution in [1.29, 1.82) is 0 Å². The molecule has 3 N–H and O–H groups in total. The SMILES string of the molecule is CCOc1cnc(O[C@@H]2C[C@H]3C(=O)N[C@]4(C(=O)NS(=O)(=O)C5(C)CC5)C[C@H]4/C=C\CC[C@H](C)C[C@@H](C)[C@H](NC(=O)OC(C)(C)C(F)(F)F)C(=O)N3C2)c2ccc(OC)cc12. The van der Waals surface area contributed by atoms with Gasteiger partial charge in [0.15, 0.2) is 0 Å². The van der Waals surface area contributed by atoms with Crippen LogP contribution in [0.25, 0.3) is 10.8 Å². The maximum atomic E-state index is 14.8. The van der Waals surface area contributed by atoms with Crippen LogP contribution in [0.2, 0.25) is 0 Å². The lowest BCUT2D eigenvalue weighted by atomic mass is 9.88. The van der Waals surface area contributed by atoms with Crippen LogP contribution < -0.4 is 29.6 Å². The van der Waals surface area contributed by atoms with Gasteiger partial charge in [0.1, 0.15) is 35.2 Å². The smallest absolute Gasteiger partial charge is 0.427 e. The first-order chi connectivity index (χ1) is 28.0. The van der Waals surface area contributed by atoms with Gasteiger partial charge in [-0.3, -0.25) is 19.1 Å². The van der Waals surface area contributed by atoms with Crippen molar-refractivity contribution < 1.29 is 59.7 Å². The van der Waals surface area contributed by atoms with Crippen LogP contribution in [0.15, 0.2) is 36.5 Å². The highest BCUT2D eigenvalue weighted by Gasteiger charge is 2.63. The Morgan fingerprint density at radius 1 is 1.10 bits per heavy atom. The molecule has 0 spiro atoms. The third-order valence-electron chi connectivity index (χ3n) is 12.2. The zero-order valence-electron chi connectivity index (χ0n) is 34.8. The fourth-order valence-corrected chi connectivity index (χ4v) is 9.17. The Morgan fingerprint density at radius 2 is 1.82 bits per heavy atom. The average molecular weight is 866 g/mol. The highest BCUT2D eigenvalue weighted by atomic mass is 32.2. The molecule has 4 aliphatic rings. The lowest BCUT2D eigenvalue weighted by molar-refractivity contribution is -0.244. The van der Waals surface area contributed by atoms with Crippen LogP contribution in [-0.4, -0.2) is 103 Å². The lowest BCUT2D eigenvalue weighted by Crippen LogP contribution is -2.59. The van der Waals surface area contributed by atoms with Gasteiger partial charge in [-0.25, -0.2) is 18.2 Å². The van der Waals surface area contributed by atoms with Gasteiger partial charge in [0.2, 0.25) is 33.3 Å². The zero-order valence-corrected chi connectivity index (χ0v) is 35.6. The average Bonchev–Trinajstić information content (AvgIpc) is 4.05. The van der Waals surface area contributed by atoms with E-state index in [-0.39, 0.29) is 31.2 Å². The minimum absolute atomic E-state index is 0.0472. The molecule has 15 nitrogen and oxygen atoms in total. The fourth-order valence-electron chi connectivity index (χ4n) is 7.86. The van der Waals surface area contributed by atoms with Gasteiger partial charge in [0, 0.05) is 23.1 Å². The van der Waals surface area contributed by atoms with Crippen molar-refractivity contribution in [3.8, 4) is 17.4 Å². The third-order valence-corrected chi connectivity index (χ3v) is 14.3. The number of alkyl carbamates (subject to hydrolysis) is 1. The number of aromatic nitrogens is 1. The topological polar surface area (TPSA) is 192 Å². The number of ether oxygens (including phenoxy) is 4. The summed E-state index contributed by atoms with van der Waals surface area (Å²) in [5, 5.41) is 6.33. The van der Waals surface area contributed by atoms with Crippen LogP contribution in [0, 0.1) is 17.8 Å². The Bertz CT molecular complexity index is 2150. The molecule has 330 valence electrons. The number of carbonyl (C=O) groups is 4. The minimum Gasteiger partial charge on any atom is -0.497 e. The first kappa shape index (κ1) is 44.7. The van der Waals surface area contributed by atoms with Crippen molar-refractivity contribution >= 4 is 44.6 Å². The lowest BCUT2D eigenvalue weighted by Gasteiger charge is -2.34. The molecule has 4 amide bonds. The van der Waals surface area contributed by atoms with Crippen molar-refractivity contribution in [2.45, 2.75) is 127 Å². The summed E-state index contributed by atoms with van der Waals surface area (Å²) in [6, 6.07) is 2.38. The van der Waals surface area contributed by atoms with Gasteiger partial charge in [-0.15, -0.1) is 0 Å². The van der Waals surface area contributed by atoms with E-state index in [1.165, 1.54) is 25.1 Å². The second-order valence-corrected chi connectivity index (χ2v) is 19.4. The van der Waals surface area contributed by atoms with Crippen molar-refractivity contribution in [3.05, 3.63) is 36.5 Å². The van der Waals surface area contributed by atoms with E-state index in [4.69, 9.17) is 18.9 Å². The molecular weight excluding hydrogens is 812 g/mol. The molecular formula is C41H54F3N5O10S. The second kappa shape index (κ2) is 16.6. The largest absolute Gasteiger partial charge is 0.497 e. The molecule has 2 aliphatic carbocycles. The van der Waals surface area contributed by atoms with Gasteiger partial charge in [-0.2, -0.15) is 13.2 Å². The van der Waals surface area contributed by atoms with Gasteiger partial charge in [0.25, 0.3) is 5.91 Å². The van der Waals surface area contributed by atoms with E-state index in [2.05, 4.69) is 20.3 Å². The summed E-state index contributed by atoms with van der Waals surface area (Å²) in [6.45, 7) is 8.46. The number of alkyl halides is 3. The number of hydrogen-bond acceptors (Lipinski definition) is 11. The number of hydrogen-bond donors (Lipinski definition) is 3. The van der Waals surface area contributed by atoms with Crippen LogP contribution in [0.1, 0.15) is 86.5 Å². The van der Waals surface area contributed by atoms with E-state index in [1.807, 2.05) is 19.9 Å². The summed E-state index contributed by atoms with van der Waals surface area (Å²) in [5.74, 6) is -2.60. The predicted octanol–water partition coefficient (Wildman–Crippen LogP) is 5.31. The highest BCUT2D eigenvalue weighted by Crippen LogP contribution is 2.48. The van der Waals surface area contributed by atoms with Crippen LogP contribution in [0.5, 0.6) is 17.4 Å². The minimum atomic E-state index is -4.92. The molecule has 3 heterocycles. The van der Waals surface area contributed by atoms with Crippen molar-refractivity contribution in [2.75, 3.05) is 20.3 Å². The number of methoxy groups -OCH3 is 1. The van der Waals surface area contributed by atoms with Crippen molar-refractivity contribution in [3.63, 3.8) is 0 Å². The molecule has 1 saturated heterocycles. The maximum Gasteiger partial charge on any atom is 0.427 e. The first-order valence-corrected chi connectivity index (χ1v) is 21.7. The number of carbonyl (C=O) groups excluding carboxylic acids is 4. The molecule has 6 rings (SSSR count). The molecule has 3 fully saturated rings. The molecule has 0 radical (unpaired) electrons. The summed E-state index contributed by atoms with van der Waals surface area (Å²) >= 11 is 0. The Balaban J connectivity index is 1.37. The Morgan fingerprint density at radius 3 is 2.47 bits per heavy atom. The number of amides is 4. The van der Waals surface area contributed by atoms with E-state index in [1.54, 1.807) is 31.2 Å². The number of benzene rings is 1. The Kier molecular flexibility index (Phi) is 12.4. The number of halogens is 3.